The minimum atomic E-state index is -3.78. The van der Waals surface area contributed by atoms with Gasteiger partial charge in [0.2, 0.25) is 9.84 Å². The summed E-state index contributed by atoms with van der Waals surface area (Å²) in [5.41, 5.74) is 0.534. The number of fused-ring (bicyclic) bond motifs is 2. The first kappa shape index (κ1) is 19.7. The van der Waals surface area contributed by atoms with Crippen LogP contribution < -0.4 is 15.6 Å². The van der Waals surface area contributed by atoms with Crippen molar-refractivity contribution in [1.82, 2.24) is 4.57 Å². The molecule has 5 rings (SSSR count). The first-order chi connectivity index (χ1) is 14.9. The number of methoxy groups -OCH3 is 1. The first-order valence-electron chi connectivity index (χ1n) is 10.2. The van der Waals surface area contributed by atoms with E-state index in [0.717, 1.165) is 24.7 Å². The second-order valence-corrected chi connectivity index (χ2v) is 9.76. The molecule has 1 saturated carbocycles. The van der Waals surface area contributed by atoms with Gasteiger partial charge in [-0.25, -0.2) is 8.42 Å². The van der Waals surface area contributed by atoms with Gasteiger partial charge in [0, 0.05) is 11.9 Å². The standard InChI is InChI=1S/C23H22N2O5S/c1-30-15-8-9-19-16(12-15)22(26)21(23(27)25(19)11-10-14-6-7-14)18-13-31(28,29)20-5-3-2-4-17(20)24-18/h2-5,8-9,12-14,24,26H,6-7,10-11H2,1H3. The number of pyridine rings is 1. The maximum Gasteiger partial charge on any atom is 0.264 e. The third-order valence-corrected chi connectivity index (χ3v) is 7.42. The summed E-state index contributed by atoms with van der Waals surface area (Å²) in [5.74, 6) is 0.872. The number of nitrogens with one attached hydrogen (secondary N) is 1. The van der Waals surface area contributed by atoms with Crippen molar-refractivity contribution in [3.63, 3.8) is 0 Å². The molecule has 31 heavy (non-hydrogen) atoms. The highest BCUT2D eigenvalue weighted by Crippen LogP contribution is 2.38. The Balaban J connectivity index is 1.75. The number of sulfone groups is 1. The van der Waals surface area contributed by atoms with Gasteiger partial charge in [-0.3, -0.25) is 4.79 Å². The molecule has 0 radical (unpaired) electrons. The molecule has 0 saturated heterocycles. The normalized spacial score (nSPS) is 17.0. The maximum absolute atomic E-state index is 13.5. The molecule has 2 aromatic carbocycles. The van der Waals surface area contributed by atoms with Crippen molar-refractivity contribution in [3.8, 4) is 11.5 Å². The van der Waals surface area contributed by atoms with E-state index in [0.29, 0.717) is 34.8 Å². The molecule has 2 N–H and O–H groups in total. The Morgan fingerprint density at radius 3 is 2.71 bits per heavy atom. The van der Waals surface area contributed by atoms with E-state index in [9.17, 15) is 18.3 Å². The van der Waals surface area contributed by atoms with Gasteiger partial charge >= 0.3 is 0 Å². The minimum Gasteiger partial charge on any atom is -0.506 e. The summed E-state index contributed by atoms with van der Waals surface area (Å²) in [6.45, 7) is 0.496. The zero-order valence-corrected chi connectivity index (χ0v) is 17.8. The van der Waals surface area contributed by atoms with Crippen molar-refractivity contribution in [2.24, 2.45) is 5.92 Å². The van der Waals surface area contributed by atoms with E-state index in [1.165, 1.54) is 13.2 Å². The van der Waals surface area contributed by atoms with Gasteiger partial charge in [-0.2, -0.15) is 0 Å². The van der Waals surface area contributed by atoms with E-state index in [1.54, 1.807) is 41.0 Å². The summed E-state index contributed by atoms with van der Waals surface area (Å²) < 4.78 is 32.6. The van der Waals surface area contributed by atoms with Crippen molar-refractivity contribution < 1.29 is 18.3 Å². The highest BCUT2D eigenvalue weighted by molar-refractivity contribution is 7.94. The predicted molar refractivity (Wildman–Crippen MR) is 119 cm³/mol. The molecule has 0 spiro atoms. The average molecular weight is 439 g/mol. The Kier molecular flexibility index (Phi) is 4.55. The number of para-hydroxylation sites is 1. The highest BCUT2D eigenvalue weighted by atomic mass is 32.2. The Morgan fingerprint density at radius 2 is 1.97 bits per heavy atom. The molecule has 1 aliphatic heterocycles. The number of aryl methyl sites for hydroxylation is 1. The molecule has 3 aromatic rings. The van der Waals surface area contributed by atoms with Crippen LogP contribution in [0, 0.1) is 5.92 Å². The van der Waals surface area contributed by atoms with Crippen LogP contribution in [0.4, 0.5) is 5.69 Å². The number of hydrogen-bond acceptors (Lipinski definition) is 6. The number of aromatic hydroxyl groups is 1. The minimum absolute atomic E-state index is 0.0605. The molecule has 2 heterocycles. The number of ether oxygens (including phenoxy) is 1. The molecule has 2 aliphatic rings. The maximum atomic E-state index is 13.5. The van der Waals surface area contributed by atoms with Gasteiger partial charge < -0.3 is 19.7 Å². The van der Waals surface area contributed by atoms with Gasteiger partial charge in [0.25, 0.3) is 5.56 Å². The lowest BCUT2D eigenvalue weighted by atomic mass is 10.1. The lowest BCUT2D eigenvalue weighted by molar-refractivity contribution is 0.415. The van der Waals surface area contributed by atoms with Crippen LogP contribution in [0.5, 0.6) is 11.5 Å². The van der Waals surface area contributed by atoms with E-state index < -0.39 is 15.4 Å². The molecule has 0 bridgehead atoms. The summed E-state index contributed by atoms with van der Waals surface area (Å²) in [6.07, 6.45) is 3.18. The SMILES string of the molecule is COc1ccc2c(c1)c(O)c(C1=CS(=O)(=O)c3ccccc3N1)c(=O)n2CCC1CC1. The van der Waals surface area contributed by atoms with Crippen molar-refractivity contribution >= 4 is 32.1 Å². The van der Waals surface area contributed by atoms with Crippen molar-refractivity contribution in [1.29, 1.82) is 0 Å². The highest BCUT2D eigenvalue weighted by Gasteiger charge is 2.29. The third-order valence-electron chi connectivity index (χ3n) is 5.91. The van der Waals surface area contributed by atoms with Crippen LogP contribution in [0.15, 0.2) is 57.6 Å². The number of benzene rings is 2. The van der Waals surface area contributed by atoms with Crippen LogP contribution in [0.25, 0.3) is 16.6 Å². The smallest absolute Gasteiger partial charge is 0.264 e. The van der Waals surface area contributed by atoms with E-state index in [4.69, 9.17) is 4.74 Å². The Morgan fingerprint density at radius 1 is 1.19 bits per heavy atom. The fraction of sp³-hybridized carbons (Fsp3) is 0.261. The third kappa shape index (κ3) is 3.37. The van der Waals surface area contributed by atoms with Gasteiger partial charge in [-0.05, 0) is 42.7 Å². The summed E-state index contributed by atoms with van der Waals surface area (Å²) >= 11 is 0. The largest absolute Gasteiger partial charge is 0.506 e. The molecule has 7 nitrogen and oxygen atoms in total. The van der Waals surface area contributed by atoms with Crippen molar-refractivity contribution in [3.05, 3.63) is 63.8 Å². The molecule has 8 heteroatoms. The molecule has 0 unspecified atom stereocenters. The van der Waals surface area contributed by atoms with Crippen LogP contribution in [-0.4, -0.2) is 25.2 Å². The lowest BCUT2D eigenvalue weighted by Gasteiger charge is -2.22. The average Bonchev–Trinajstić information content (AvgIpc) is 3.57. The summed E-state index contributed by atoms with van der Waals surface area (Å²) in [7, 11) is -2.25. The summed E-state index contributed by atoms with van der Waals surface area (Å²) in [4.78, 5) is 13.6. The van der Waals surface area contributed by atoms with Crippen LogP contribution in [-0.2, 0) is 16.4 Å². The van der Waals surface area contributed by atoms with Crippen molar-refractivity contribution in [2.75, 3.05) is 12.4 Å². The number of aromatic nitrogens is 1. The Hall–Kier alpha value is -3.26. The zero-order chi connectivity index (χ0) is 21.8. The quantitative estimate of drug-likeness (QED) is 0.630. The summed E-state index contributed by atoms with van der Waals surface area (Å²) in [5, 5.41) is 15.6. The second kappa shape index (κ2) is 7.16. The van der Waals surface area contributed by atoms with Gasteiger partial charge in [0.15, 0.2) is 0 Å². The molecule has 1 aromatic heterocycles. The second-order valence-electron chi connectivity index (χ2n) is 7.99. The molecule has 160 valence electrons. The molecule has 0 amide bonds. The van der Waals surface area contributed by atoms with Crippen LogP contribution in [0.3, 0.4) is 0 Å². The number of nitrogens with zero attached hydrogens (tertiary/aromatic N) is 1. The van der Waals surface area contributed by atoms with Gasteiger partial charge in [0.1, 0.15) is 17.1 Å². The van der Waals surface area contributed by atoms with Crippen LogP contribution >= 0.6 is 0 Å². The van der Waals surface area contributed by atoms with E-state index in [-0.39, 0.29) is 21.9 Å². The Labute approximate surface area is 179 Å². The molecule has 1 aliphatic carbocycles. The zero-order valence-electron chi connectivity index (χ0n) is 17.0. The van der Waals surface area contributed by atoms with Crippen LogP contribution in [0.2, 0.25) is 0 Å². The Bertz CT molecular complexity index is 1400. The predicted octanol–water partition coefficient (Wildman–Crippen LogP) is 3.71. The molecule has 0 atom stereocenters. The fourth-order valence-electron chi connectivity index (χ4n) is 4.06. The molecule has 1 fully saturated rings. The number of anilines is 1. The van der Waals surface area contributed by atoms with Crippen molar-refractivity contribution in [2.45, 2.75) is 30.7 Å². The van der Waals surface area contributed by atoms with E-state index >= 15 is 0 Å². The van der Waals surface area contributed by atoms with E-state index in [1.807, 2.05) is 0 Å². The summed E-state index contributed by atoms with van der Waals surface area (Å²) in [6, 6.07) is 11.6. The molecular formula is C23H22N2O5S. The van der Waals surface area contributed by atoms with E-state index in [2.05, 4.69) is 5.32 Å². The number of rotatable bonds is 5. The molecular weight excluding hydrogens is 416 g/mol. The number of hydrogen-bond donors (Lipinski definition) is 2. The topological polar surface area (TPSA) is 97.6 Å². The van der Waals surface area contributed by atoms with Gasteiger partial charge in [0.05, 0.1) is 34.3 Å². The lowest BCUT2D eigenvalue weighted by Crippen LogP contribution is -2.27. The van der Waals surface area contributed by atoms with Gasteiger partial charge in [-0.1, -0.05) is 25.0 Å². The first-order valence-corrected chi connectivity index (χ1v) is 11.7. The fourth-order valence-corrected chi connectivity index (χ4v) is 5.37. The van der Waals surface area contributed by atoms with Crippen LogP contribution in [0.1, 0.15) is 24.8 Å². The van der Waals surface area contributed by atoms with Gasteiger partial charge in [-0.15, -0.1) is 0 Å². The monoisotopic (exact) mass is 438 g/mol.